The molecular weight excluding hydrogens is 355 g/mol. The lowest BCUT2D eigenvalue weighted by Gasteiger charge is -2.06. The van der Waals surface area contributed by atoms with E-state index < -0.39 is 0 Å². The van der Waals surface area contributed by atoms with E-state index in [0.717, 1.165) is 35.1 Å². The summed E-state index contributed by atoms with van der Waals surface area (Å²) in [6.45, 7) is 0.813. The highest BCUT2D eigenvalue weighted by Crippen LogP contribution is 2.27. The summed E-state index contributed by atoms with van der Waals surface area (Å²) in [5.41, 5.74) is 5.30. The fourth-order valence-corrected chi connectivity index (χ4v) is 3.30. The van der Waals surface area contributed by atoms with Gasteiger partial charge in [-0.05, 0) is 54.4 Å². The van der Waals surface area contributed by atoms with Crippen molar-refractivity contribution in [1.82, 2.24) is 25.1 Å². The van der Waals surface area contributed by atoms with Crippen LogP contribution in [-0.2, 0) is 6.42 Å². The summed E-state index contributed by atoms with van der Waals surface area (Å²) in [6.07, 6.45) is 4.56. The molecule has 0 radical (unpaired) electrons. The van der Waals surface area contributed by atoms with Gasteiger partial charge >= 0.3 is 0 Å². The van der Waals surface area contributed by atoms with E-state index in [2.05, 4.69) is 36.5 Å². The molecule has 0 atom stereocenters. The van der Waals surface area contributed by atoms with E-state index in [1.165, 1.54) is 17.7 Å². The van der Waals surface area contributed by atoms with Crippen molar-refractivity contribution in [3.05, 3.63) is 72.3 Å². The third-order valence-corrected chi connectivity index (χ3v) is 4.70. The van der Waals surface area contributed by atoms with Gasteiger partial charge in [0, 0.05) is 30.0 Å². The Hall–Kier alpha value is -3.74. The summed E-state index contributed by atoms with van der Waals surface area (Å²) in [5, 5.41) is 11.4. The van der Waals surface area contributed by atoms with Crippen molar-refractivity contribution in [2.75, 3.05) is 11.9 Å². The van der Waals surface area contributed by atoms with E-state index in [1.807, 2.05) is 30.5 Å². The normalized spacial score (nSPS) is 11.3. The van der Waals surface area contributed by atoms with Crippen molar-refractivity contribution in [3.8, 4) is 11.5 Å². The van der Waals surface area contributed by atoms with Crippen molar-refractivity contribution < 1.29 is 4.39 Å². The van der Waals surface area contributed by atoms with Gasteiger partial charge in [0.2, 0.25) is 0 Å². The topological polar surface area (TPSA) is 82.3 Å². The molecule has 0 unspecified atom stereocenters. The molecule has 0 fully saturated rings. The second-order valence-corrected chi connectivity index (χ2v) is 6.62. The highest BCUT2D eigenvalue weighted by molar-refractivity contribution is 5.93. The minimum atomic E-state index is -0.297. The van der Waals surface area contributed by atoms with Gasteiger partial charge in [0.15, 0.2) is 5.82 Å². The second-order valence-electron chi connectivity index (χ2n) is 6.62. The molecule has 0 amide bonds. The minimum Gasteiger partial charge on any atom is -0.385 e. The molecule has 3 aromatic heterocycles. The summed E-state index contributed by atoms with van der Waals surface area (Å²) >= 11 is 0. The zero-order valence-electron chi connectivity index (χ0n) is 14.9. The molecule has 3 N–H and O–H groups in total. The number of pyridine rings is 1. The number of hydrogen-bond donors (Lipinski definition) is 3. The van der Waals surface area contributed by atoms with Gasteiger partial charge in [-0.3, -0.25) is 10.1 Å². The third kappa shape index (κ3) is 3.07. The summed E-state index contributed by atoms with van der Waals surface area (Å²) in [5.74, 6) is 0.356. The molecule has 2 aromatic carbocycles. The lowest BCUT2D eigenvalue weighted by Crippen LogP contribution is -2.04. The van der Waals surface area contributed by atoms with E-state index in [1.54, 1.807) is 12.3 Å². The number of halogens is 1. The van der Waals surface area contributed by atoms with Crippen molar-refractivity contribution in [2.24, 2.45) is 0 Å². The number of rotatable bonds is 5. The Bertz CT molecular complexity index is 1260. The highest BCUT2D eigenvalue weighted by atomic mass is 19.1. The maximum Gasteiger partial charge on any atom is 0.159 e. The Labute approximate surface area is 159 Å². The number of benzene rings is 2. The van der Waals surface area contributed by atoms with E-state index in [-0.39, 0.29) is 5.82 Å². The van der Waals surface area contributed by atoms with Crippen LogP contribution in [0.4, 0.5) is 10.1 Å². The monoisotopic (exact) mass is 372 g/mol. The average molecular weight is 372 g/mol. The van der Waals surface area contributed by atoms with Crippen molar-refractivity contribution in [3.63, 3.8) is 0 Å². The first-order valence-corrected chi connectivity index (χ1v) is 9.03. The molecule has 138 valence electrons. The van der Waals surface area contributed by atoms with Gasteiger partial charge in [-0.1, -0.05) is 6.07 Å². The minimum absolute atomic E-state index is 0.297. The lowest BCUT2D eigenvalue weighted by atomic mass is 10.2. The van der Waals surface area contributed by atoms with Crippen molar-refractivity contribution in [2.45, 2.75) is 6.42 Å². The molecule has 0 aliphatic rings. The molecule has 28 heavy (non-hydrogen) atoms. The molecule has 0 saturated carbocycles. The molecule has 0 bridgehead atoms. The van der Waals surface area contributed by atoms with Crippen LogP contribution < -0.4 is 5.32 Å². The fourth-order valence-electron chi connectivity index (χ4n) is 3.30. The molecule has 3 heterocycles. The number of hydrogen-bond acceptors (Lipinski definition) is 4. The van der Waals surface area contributed by atoms with Gasteiger partial charge in [0.25, 0.3) is 0 Å². The number of anilines is 1. The molecule has 0 spiro atoms. The predicted molar refractivity (Wildman–Crippen MR) is 108 cm³/mol. The second kappa shape index (κ2) is 6.77. The molecule has 0 aliphatic heterocycles. The van der Waals surface area contributed by atoms with E-state index in [9.17, 15) is 4.39 Å². The zero-order chi connectivity index (χ0) is 18.9. The van der Waals surface area contributed by atoms with Crippen LogP contribution in [0.5, 0.6) is 0 Å². The molecule has 0 saturated heterocycles. The molecule has 5 aromatic rings. The first kappa shape index (κ1) is 16.4. The highest BCUT2D eigenvalue weighted by Gasteiger charge is 2.13. The molecular formula is C21H17FN6. The summed E-state index contributed by atoms with van der Waals surface area (Å²) in [7, 11) is 0. The molecule has 0 aliphatic carbocycles. The predicted octanol–water partition coefficient (Wildman–Crippen LogP) is 4.29. The fraction of sp³-hybridized carbons (Fsp3) is 0.0952. The maximum atomic E-state index is 13.4. The van der Waals surface area contributed by atoms with Crippen LogP contribution in [0, 0.1) is 5.82 Å². The average Bonchev–Trinajstić information content (AvgIpc) is 3.31. The van der Waals surface area contributed by atoms with Crippen LogP contribution >= 0.6 is 0 Å². The first-order valence-electron chi connectivity index (χ1n) is 9.03. The Morgan fingerprint density at radius 1 is 1.04 bits per heavy atom. The van der Waals surface area contributed by atoms with E-state index in [4.69, 9.17) is 0 Å². The van der Waals surface area contributed by atoms with Crippen LogP contribution in [0.3, 0.4) is 0 Å². The zero-order valence-corrected chi connectivity index (χ0v) is 14.9. The van der Waals surface area contributed by atoms with Crippen LogP contribution in [0.1, 0.15) is 5.56 Å². The molecule has 7 heteroatoms. The summed E-state index contributed by atoms with van der Waals surface area (Å²) < 4.78 is 13.4. The van der Waals surface area contributed by atoms with Gasteiger partial charge in [-0.25, -0.2) is 9.37 Å². The number of aromatic nitrogens is 5. The first-order chi connectivity index (χ1) is 13.8. The SMILES string of the molecule is Fc1ccc2c(-c3nc4ccc(NCCc5cccnc5)cc4[nH]3)n[nH]c2c1. The largest absolute Gasteiger partial charge is 0.385 e. The Morgan fingerprint density at radius 2 is 2.00 bits per heavy atom. The van der Waals surface area contributed by atoms with Crippen LogP contribution in [-0.4, -0.2) is 31.7 Å². The van der Waals surface area contributed by atoms with Crippen LogP contribution in [0.25, 0.3) is 33.5 Å². The number of H-pyrrole nitrogens is 2. The maximum absolute atomic E-state index is 13.4. The van der Waals surface area contributed by atoms with Gasteiger partial charge < -0.3 is 10.3 Å². The van der Waals surface area contributed by atoms with Gasteiger partial charge in [-0.15, -0.1) is 0 Å². The number of nitrogens with one attached hydrogen (secondary N) is 3. The van der Waals surface area contributed by atoms with Gasteiger partial charge in [0.1, 0.15) is 11.5 Å². The third-order valence-electron chi connectivity index (χ3n) is 4.70. The summed E-state index contributed by atoms with van der Waals surface area (Å²) in [6, 6.07) is 14.6. The van der Waals surface area contributed by atoms with Gasteiger partial charge in [-0.2, -0.15) is 5.10 Å². The standard InChI is InChI=1S/C21H17FN6/c22-14-3-5-16-18(10-14)27-28-20(16)21-25-17-6-4-15(11-19(17)26-21)24-9-7-13-2-1-8-23-12-13/h1-6,8,10-12,24H,7,9H2,(H,25,26)(H,27,28). The Balaban J connectivity index is 1.39. The smallest absolute Gasteiger partial charge is 0.159 e. The molecule has 5 rings (SSSR count). The van der Waals surface area contributed by atoms with Crippen molar-refractivity contribution in [1.29, 1.82) is 0 Å². The van der Waals surface area contributed by atoms with Crippen LogP contribution in [0.2, 0.25) is 0 Å². The molecule has 6 nitrogen and oxygen atoms in total. The Kier molecular flexibility index (Phi) is 3.97. The quantitative estimate of drug-likeness (QED) is 0.430. The van der Waals surface area contributed by atoms with Crippen LogP contribution in [0.15, 0.2) is 60.9 Å². The number of fused-ring (bicyclic) bond motifs is 2. The Morgan fingerprint density at radius 3 is 2.89 bits per heavy atom. The van der Waals surface area contributed by atoms with E-state index >= 15 is 0 Å². The van der Waals surface area contributed by atoms with E-state index in [0.29, 0.717) is 17.0 Å². The number of aromatic amines is 2. The summed E-state index contributed by atoms with van der Waals surface area (Å²) in [4.78, 5) is 12.1. The van der Waals surface area contributed by atoms with Crippen molar-refractivity contribution >= 4 is 27.6 Å². The van der Waals surface area contributed by atoms with Gasteiger partial charge in [0.05, 0.1) is 16.6 Å². The number of imidazole rings is 1. The number of nitrogens with zero attached hydrogens (tertiary/aromatic N) is 3. The lowest BCUT2D eigenvalue weighted by molar-refractivity contribution is 0.629.